The van der Waals surface area contributed by atoms with Gasteiger partial charge in [0.1, 0.15) is 0 Å². The average molecular weight is 325 g/mol. The van der Waals surface area contributed by atoms with Crippen LogP contribution < -0.4 is 5.32 Å². The maximum Gasteiger partial charge on any atom is 0.317 e. The Bertz CT molecular complexity index is 478. The molecule has 1 aromatic rings. The summed E-state index contributed by atoms with van der Waals surface area (Å²) in [5.41, 5.74) is 1.15. The third-order valence-electron chi connectivity index (χ3n) is 4.33. The number of aliphatic hydroxyl groups excluding tert-OH is 1. The van der Waals surface area contributed by atoms with Gasteiger partial charge in [0.25, 0.3) is 0 Å². The lowest BCUT2D eigenvalue weighted by Gasteiger charge is -2.31. The van der Waals surface area contributed by atoms with E-state index in [-0.39, 0.29) is 18.1 Å². The number of carbonyl (C=O) groups excluding carboxylic acids is 1. The van der Waals surface area contributed by atoms with Crippen LogP contribution in [-0.2, 0) is 6.42 Å². The van der Waals surface area contributed by atoms with Crippen molar-refractivity contribution in [3.8, 4) is 0 Å². The van der Waals surface area contributed by atoms with Crippen molar-refractivity contribution in [2.75, 3.05) is 20.1 Å². The molecule has 122 valence electrons. The van der Waals surface area contributed by atoms with Gasteiger partial charge in [-0.2, -0.15) is 0 Å². The molecule has 2 unspecified atom stereocenters. The molecule has 0 radical (unpaired) electrons. The number of amides is 2. The molecule has 1 fully saturated rings. The number of aliphatic hydroxyl groups is 1. The molecule has 4 nitrogen and oxygen atoms in total. The van der Waals surface area contributed by atoms with E-state index in [1.807, 2.05) is 24.3 Å². The minimum atomic E-state index is -0.266. The lowest BCUT2D eigenvalue weighted by Crippen LogP contribution is -2.43. The first-order valence-electron chi connectivity index (χ1n) is 7.97. The van der Waals surface area contributed by atoms with Crippen molar-refractivity contribution in [3.05, 3.63) is 34.9 Å². The van der Waals surface area contributed by atoms with Crippen molar-refractivity contribution in [3.63, 3.8) is 0 Å². The Kier molecular flexibility index (Phi) is 6.52. The van der Waals surface area contributed by atoms with Crippen molar-refractivity contribution >= 4 is 17.6 Å². The summed E-state index contributed by atoms with van der Waals surface area (Å²) in [6.45, 7) is 1.21. The molecule has 2 atom stereocenters. The molecule has 0 saturated heterocycles. The van der Waals surface area contributed by atoms with Crippen LogP contribution in [0.2, 0.25) is 5.02 Å². The van der Waals surface area contributed by atoms with Gasteiger partial charge in [-0.3, -0.25) is 0 Å². The summed E-state index contributed by atoms with van der Waals surface area (Å²) in [7, 11) is 1.79. The number of halogens is 1. The molecule has 0 spiro atoms. The van der Waals surface area contributed by atoms with Crippen LogP contribution in [0.4, 0.5) is 4.79 Å². The highest BCUT2D eigenvalue weighted by Gasteiger charge is 2.25. The van der Waals surface area contributed by atoms with Gasteiger partial charge in [-0.15, -0.1) is 0 Å². The molecule has 1 aromatic carbocycles. The van der Waals surface area contributed by atoms with E-state index in [0.29, 0.717) is 13.1 Å². The van der Waals surface area contributed by atoms with Gasteiger partial charge in [-0.1, -0.05) is 36.6 Å². The van der Waals surface area contributed by atoms with E-state index in [0.717, 1.165) is 42.7 Å². The van der Waals surface area contributed by atoms with E-state index in [2.05, 4.69) is 5.32 Å². The van der Waals surface area contributed by atoms with Crippen molar-refractivity contribution in [1.29, 1.82) is 0 Å². The third-order valence-corrected chi connectivity index (χ3v) is 4.58. The van der Waals surface area contributed by atoms with E-state index >= 15 is 0 Å². The highest BCUT2D eigenvalue weighted by atomic mass is 35.5. The number of hydrogen-bond donors (Lipinski definition) is 2. The number of benzene rings is 1. The predicted molar refractivity (Wildman–Crippen MR) is 89.1 cm³/mol. The second-order valence-electron chi connectivity index (χ2n) is 6.10. The largest absolute Gasteiger partial charge is 0.393 e. The van der Waals surface area contributed by atoms with Gasteiger partial charge in [0.05, 0.1) is 6.10 Å². The maximum absolute atomic E-state index is 12.1. The molecule has 2 rings (SSSR count). The fraction of sp³-hybridized carbons (Fsp3) is 0.588. The first-order valence-corrected chi connectivity index (χ1v) is 8.35. The summed E-state index contributed by atoms with van der Waals surface area (Å²) in [5.74, 6) is 0.209. The van der Waals surface area contributed by atoms with Gasteiger partial charge >= 0.3 is 6.03 Å². The third kappa shape index (κ3) is 5.18. The van der Waals surface area contributed by atoms with Gasteiger partial charge in [0, 0.05) is 31.1 Å². The minimum Gasteiger partial charge on any atom is -0.393 e. The van der Waals surface area contributed by atoms with Crippen LogP contribution in [0.25, 0.3) is 0 Å². The molecule has 0 heterocycles. The van der Waals surface area contributed by atoms with Crippen molar-refractivity contribution in [2.24, 2.45) is 5.92 Å². The van der Waals surface area contributed by atoms with E-state index < -0.39 is 0 Å². The summed E-state index contributed by atoms with van der Waals surface area (Å²) < 4.78 is 0. The molecule has 2 N–H and O–H groups in total. The Labute approximate surface area is 137 Å². The average Bonchev–Trinajstić information content (AvgIpc) is 2.51. The zero-order valence-corrected chi connectivity index (χ0v) is 13.9. The van der Waals surface area contributed by atoms with Crippen molar-refractivity contribution in [1.82, 2.24) is 10.2 Å². The summed E-state index contributed by atoms with van der Waals surface area (Å²) in [5, 5.41) is 13.6. The lowest BCUT2D eigenvalue weighted by molar-refractivity contribution is 0.0565. The van der Waals surface area contributed by atoms with Gasteiger partial charge in [0.2, 0.25) is 0 Å². The summed E-state index contributed by atoms with van der Waals surface area (Å²) in [6, 6.07) is 7.57. The zero-order chi connectivity index (χ0) is 15.9. The number of urea groups is 1. The Balaban J connectivity index is 1.70. The van der Waals surface area contributed by atoms with Crippen LogP contribution in [0.5, 0.6) is 0 Å². The van der Waals surface area contributed by atoms with Gasteiger partial charge in [0.15, 0.2) is 0 Å². The van der Waals surface area contributed by atoms with E-state index in [1.54, 1.807) is 11.9 Å². The van der Waals surface area contributed by atoms with E-state index in [1.165, 1.54) is 0 Å². The van der Waals surface area contributed by atoms with Gasteiger partial charge in [-0.25, -0.2) is 4.79 Å². The highest BCUT2D eigenvalue weighted by molar-refractivity contribution is 6.30. The van der Waals surface area contributed by atoms with Crippen LogP contribution in [0.15, 0.2) is 24.3 Å². The Morgan fingerprint density at radius 1 is 1.32 bits per heavy atom. The van der Waals surface area contributed by atoms with Crippen LogP contribution in [-0.4, -0.2) is 42.3 Å². The Morgan fingerprint density at radius 2 is 2.00 bits per heavy atom. The zero-order valence-electron chi connectivity index (χ0n) is 13.1. The Hall–Kier alpha value is -1.26. The van der Waals surface area contributed by atoms with E-state index in [9.17, 15) is 9.90 Å². The Morgan fingerprint density at radius 3 is 2.68 bits per heavy atom. The maximum atomic E-state index is 12.1. The number of carbonyl (C=O) groups is 1. The summed E-state index contributed by atoms with van der Waals surface area (Å²) in [4.78, 5) is 13.8. The normalized spacial score (nSPS) is 21.4. The summed E-state index contributed by atoms with van der Waals surface area (Å²) >= 11 is 5.85. The number of nitrogens with one attached hydrogen (secondary N) is 1. The smallest absolute Gasteiger partial charge is 0.317 e. The fourth-order valence-electron chi connectivity index (χ4n) is 2.94. The molecule has 5 heteroatoms. The highest BCUT2D eigenvalue weighted by Crippen LogP contribution is 2.24. The van der Waals surface area contributed by atoms with Crippen LogP contribution >= 0.6 is 11.6 Å². The molecule has 0 aliphatic heterocycles. The minimum absolute atomic E-state index is 0.0771. The monoisotopic (exact) mass is 324 g/mol. The molecule has 2 amide bonds. The van der Waals surface area contributed by atoms with Crippen LogP contribution in [0, 0.1) is 5.92 Å². The first kappa shape index (κ1) is 17.1. The van der Waals surface area contributed by atoms with E-state index in [4.69, 9.17) is 11.6 Å². The number of hydrogen-bond acceptors (Lipinski definition) is 2. The van der Waals surface area contributed by atoms with Gasteiger partial charge in [-0.05, 0) is 37.0 Å². The molecule has 1 aliphatic rings. The van der Waals surface area contributed by atoms with Gasteiger partial charge < -0.3 is 15.3 Å². The lowest BCUT2D eigenvalue weighted by atomic mass is 9.86. The number of rotatable bonds is 5. The number of nitrogens with zero attached hydrogens (tertiary/aromatic N) is 1. The second-order valence-corrected chi connectivity index (χ2v) is 6.54. The fourth-order valence-corrected chi connectivity index (χ4v) is 3.06. The van der Waals surface area contributed by atoms with Crippen molar-refractivity contribution < 1.29 is 9.90 Å². The quantitative estimate of drug-likeness (QED) is 0.874. The van der Waals surface area contributed by atoms with Crippen molar-refractivity contribution in [2.45, 2.75) is 38.2 Å². The molecular formula is C17H25ClN2O2. The SMILES string of the molecule is CN(CC1CCCCC1O)C(=O)NCCc1ccc(Cl)cc1. The molecule has 22 heavy (non-hydrogen) atoms. The predicted octanol–water partition coefficient (Wildman–Crippen LogP) is 3.08. The molecular weight excluding hydrogens is 300 g/mol. The summed E-state index contributed by atoms with van der Waals surface area (Å²) in [6.07, 6.45) is 4.61. The van der Waals surface area contributed by atoms with Crippen LogP contribution in [0.3, 0.4) is 0 Å². The standard InChI is InChI=1S/C17H25ClN2O2/c1-20(12-14-4-2-3-5-16(14)21)17(22)19-11-10-13-6-8-15(18)9-7-13/h6-9,14,16,21H,2-5,10-12H2,1H3,(H,19,22). The molecule has 1 saturated carbocycles. The molecule has 1 aliphatic carbocycles. The van der Waals surface area contributed by atoms with Crippen LogP contribution in [0.1, 0.15) is 31.2 Å². The first-order chi connectivity index (χ1) is 10.6. The second kappa shape index (κ2) is 8.39. The molecule has 0 aromatic heterocycles. The topological polar surface area (TPSA) is 52.6 Å². The molecule has 0 bridgehead atoms.